The molecule has 1 aromatic carbocycles. The van der Waals surface area contributed by atoms with Gasteiger partial charge in [-0.05, 0) is 62.1 Å². The van der Waals surface area contributed by atoms with Gasteiger partial charge in [0.05, 0.1) is 5.52 Å². The van der Waals surface area contributed by atoms with Crippen LogP contribution in [0.5, 0.6) is 0 Å². The highest BCUT2D eigenvalue weighted by atomic mass is 35.5. The number of carbonyl (C=O) groups is 1. The van der Waals surface area contributed by atoms with Crippen molar-refractivity contribution >= 4 is 41.6 Å². The Bertz CT molecular complexity index is 769. The molecule has 2 aromatic rings. The Hall–Kier alpha value is -1.36. The van der Waals surface area contributed by atoms with Crippen molar-refractivity contribution in [3.63, 3.8) is 0 Å². The van der Waals surface area contributed by atoms with Gasteiger partial charge in [-0.3, -0.25) is 4.79 Å². The molecule has 4 nitrogen and oxygen atoms in total. The molecule has 6 heteroatoms. The monoisotopic (exact) mass is 395 g/mol. The van der Waals surface area contributed by atoms with Crippen molar-refractivity contribution in [2.24, 2.45) is 17.6 Å². The van der Waals surface area contributed by atoms with E-state index in [1.54, 1.807) is 0 Å². The molecule has 142 valence electrons. The van der Waals surface area contributed by atoms with Gasteiger partial charge in [0.1, 0.15) is 5.69 Å². The number of amides is 1. The number of rotatable bonds is 2. The maximum Gasteiger partial charge on any atom is 0.270 e. The van der Waals surface area contributed by atoms with Crippen molar-refractivity contribution in [1.29, 1.82) is 0 Å². The van der Waals surface area contributed by atoms with Crippen LogP contribution in [0, 0.1) is 18.8 Å². The number of hydrogen-bond acceptors (Lipinski definition) is 3. The second kappa shape index (κ2) is 8.55. The molecule has 3 N–H and O–H groups in total. The molecular formula is C20H27Cl2N3O. The van der Waals surface area contributed by atoms with Gasteiger partial charge in [-0.2, -0.15) is 0 Å². The first-order valence-electron chi connectivity index (χ1n) is 9.04. The highest BCUT2D eigenvalue weighted by molar-refractivity contribution is 5.96. The highest BCUT2D eigenvalue weighted by Crippen LogP contribution is 2.39. The molecule has 2 bridgehead atoms. The lowest BCUT2D eigenvalue weighted by Gasteiger charge is -2.45. The number of nitrogens with zero attached hydrogens (tertiary/aromatic N) is 1. The Morgan fingerprint density at radius 2 is 1.81 bits per heavy atom. The van der Waals surface area contributed by atoms with E-state index in [4.69, 9.17) is 5.73 Å². The average Bonchev–Trinajstić information content (AvgIpc) is 2.55. The van der Waals surface area contributed by atoms with Crippen LogP contribution in [0.15, 0.2) is 30.3 Å². The highest BCUT2D eigenvalue weighted by Gasteiger charge is 2.40. The molecule has 2 atom stereocenters. The second-order valence-corrected chi connectivity index (χ2v) is 7.52. The summed E-state index contributed by atoms with van der Waals surface area (Å²) in [6.45, 7) is 2.04. The first kappa shape index (κ1) is 20.9. The Kier molecular flexibility index (Phi) is 6.89. The number of aromatic nitrogens is 1. The van der Waals surface area contributed by atoms with Gasteiger partial charge in [-0.25, -0.2) is 4.98 Å². The van der Waals surface area contributed by atoms with Gasteiger partial charge in [-0.1, -0.05) is 24.6 Å². The van der Waals surface area contributed by atoms with Crippen LogP contribution < -0.4 is 11.1 Å². The third kappa shape index (κ3) is 3.98. The number of aryl methyl sites for hydroxylation is 1. The second-order valence-electron chi connectivity index (χ2n) is 7.52. The lowest BCUT2D eigenvalue weighted by atomic mass is 9.67. The molecule has 2 saturated carbocycles. The molecule has 2 aliphatic carbocycles. The van der Waals surface area contributed by atoms with Gasteiger partial charge >= 0.3 is 0 Å². The largest absolute Gasteiger partial charge is 0.347 e. The molecule has 0 aliphatic heterocycles. The fourth-order valence-corrected chi connectivity index (χ4v) is 4.72. The van der Waals surface area contributed by atoms with Crippen molar-refractivity contribution in [3.05, 3.63) is 41.6 Å². The lowest BCUT2D eigenvalue weighted by molar-refractivity contribution is 0.0752. The number of hydrogen-bond donors (Lipinski definition) is 2. The SMILES string of the molecule is Cc1cc(C(=O)NC2C3CCCC2CC(N)C3)nc2ccccc12.Cl.Cl. The number of fused-ring (bicyclic) bond motifs is 3. The van der Waals surface area contributed by atoms with E-state index in [9.17, 15) is 4.79 Å². The van der Waals surface area contributed by atoms with E-state index in [0.717, 1.165) is 29.3 Å². The number of nitrogens with one attached hydrogen (secondary N) is 1. The smallest absolute Gasteiger partial charge is 0.270 e. The normalized spacial score (nSPS) is 27.2. The minimum absolute atomic E-state index is 0. The number of para-hydroxylation sites is 1. The Balaban J connectivity index is 0.00000121. The Morgan fingerprint density at radius 3 is 2.50 bits per heavy atom. The van der Waals surface area contributed by atoms with Gasteiger partial charge in [0.25, 0.3) is 5.91 Å². The molecule has 1 amide bonds. The molecular weight excluding hydrogens is 369 g/mol. The minimum Gasteiger partial charge on any atom is -0.347 e. The molecule has 4 rings (SSSR count). The summed E-state index contributed by atoms with van der Waals surface area (Å²) in [5.74, 6) is 1.01. The van der Waals surface area contributed by atoms with Crippen molar-refractivity contribution < 1.29 is 4.79 Å². The van der Waals surface area contributed by atoms with E-state index < -0.39 is 0 Å². The molecule has 0 radical (unpaired) electrons. The number of halogens is 2. The van der Waals surface area contributed by atoms with E-state index in [0.29, 0.717) is 23.6 Å². The fourth-order valence-electron chi connectivity index (χ4n) is 4.72. The zero-order valence-corrected chi connectivity index (χ0v) is 16.6. The summed E-state index contributed by atoms with van der Waals surface area (Å²) in [6, 6.07) is 10.4. The standard InChI is InChI=1S/C20H25N3O.2ClH/c1-12-9-18(22-17-8-3-2-7-16(12)17)20(24)23-19-13-5-4-6-14(19)11-15(21)10-13;;/h2-3,7-9,13-15,19H,4-6,10-11,21H2,1H3,(H,23,24);2*1H. The summed E-state index contributed by atoms with van der Waals surface area (Å²) in [6.07, 6.45) is 5.69. The summed E-state index contributed by atoms with van der Waals surface area (Å²) in [5.41, 5.74) is 8.69. The Labute approximate surface area is 167 Å². The van der Waals surface area contributed by atoms with Crippen molar-refractivity contribution in [3.8, 4) is 0 Å². The van der Waals surface area contributed by atoms with Crippen LogP contribution >= 0.6 is 24.8 Å². The maximum atomic E-state index is 12.8. The van der Waals surface area contributed by atoms with E-state index in [-0.39, 0.29) is 36.8 Å². The molecule has 0 saturated heterocycles. The maximum absolute atomic E-state index is 12.8. The van der Waals surface area contributed by atoms with Crippen LogP contribution in [-0.4, -0.2) is 23.0 Å². The number of nitrogens with two attached hydrogens (primary N) is 1. The van der Waals surface area contributed by atoms with E-state index in [1.165, 1.54) is 19.3 Å². The quantitative estimate of drug-likeness (QED) is 0.806. The molecule has 2 fully saturated rings. The van der Waals surface area contributed by atoms with E-state index in [2.05, 4.69) is 10.3 Å². The fraction of sp³-hybridized carbons (Fsp3) is 0.500. The third-order valence-electron chi connectivity index (χ3n) is 5.83. The third-order valence-corrected chi connectivity index (χ3v) is 5.83. The summed E-state index contributed by atoms with van der Waals surface area (Å²) >= 11 is 0. The van der Waals surface area contributed by atoms with Crippen LogP contribution in [0.3, 0.4) is 0 Å². The average molecular weight is 396 g/mol. The molecule has 2 unspecified atom stereocenters. The van der Waals surface area contributed by atoms with Gasteiger partial charge in [0.15, 0.2) is 0 Å². The molecule has 2 aliphatic rings. The number of benzene rings is 1. The summed E-state index contributed by atoms with van der Waals surface area (Å²) < 4.78 is 0. The van der Waals surface area contributed by atoms with E-state index in [1.807, 2.05) is 37.3 Å². The van der Waals surface area contributed by atoms with Crippen LogP contribution in [0.25, 0.3) is 10.9 Å². The van der Waals surface area contributed by atoms with Crippen LogP contribution in [0.1, 0.15) is 48.2 Å². The van der Waals surface area contributed by atoms with Crippen molar-refractivity contribution in [2.45, 2.75) is 51.1 Å². The minimum atomic E-state index is -0.0405. The predicted molar refractivity (Wildman–Crippen MR) is 110 cm³/mol. The first-order chi connectivity index (χ1) is 11.6. The topological polar surface area (TPSA) is 68.0 Å². The van der Waals surface area contributed by atoms with Gasteiger partial charge in [0, 0.05) is 17.5 Å². The van der Waals surface area contributed by atoms with Gasteiger partial charge in [-0.15, -0.1) is 24.8 Å². The first-order valence-corrected chi connectivity index (χ1v) is 9.04. The predicted octanol–water partition coefficient (Wildman–Crippen LogP) is 4.02. The van der Waals surface area contributed by atoms with Crippen molar-refractivity contribution in [1.82, 2.24) is 10.3 Å². The number of carbonyl (C=O) groups excluding carboxylic acids is 1. The van der Waals surface area contributed by atoms with Crippen LogP contribution in [-0.2, 0) is 0 Å². The van der Waals surface area contributed by atoms with Crippen LogP contribution in [0.2, 0.25) is 0 Å². The molecule has 26 heavy (non-hydrogen) atoms. The zero-order chi connectivity index (χ0) is 16.7. The molecule has 1 heterocycles. The summed E-state index contributed by atoms with van der Waals surface area (Å²) in [4.78, 5) is 17.4. The van der Waals surface area contributed by atoms with Gasteiger partial charge < -0.3 is 11.1 Å². The summed E-state index contributed by atoms with van der Waals surface area (Å²) in [7, 11) is 0. The van der Waals surface area contributed by atoms with Gasteiger partial charge in [0.2, 0.25) is 0 Å². The van der Waals surface area contributed by atoms with Crippen molar-refractivity contribution in [2.75, 3.05) is 0 Å². The lowest BCUT2D eigenvalue weighted by Crippen LogP contribution is -2.53. The van der Waals surface area contributed by atoms with Crippen LogP contribution in [0.4, 0.5) is 0 Å². The number of pyridine rings is 1. The molecule has 1 aromatic heterocycles. The summed E-state index contributed by atoms with van der Waals surface area (Å²) in [5, 5.41) is 4.40. The van der Waals surface area contributed by atoms with E-state index >= 15 is 0 Å². The Morgan fingerprint density at radius 1 is 1.15 bits per heavy atom. The molecule has 0 spiro atoms. The zero-order valence-electron chi connectivity index (χ0n) is 15.0.